The number of nitrogens with zero attached hydrogens (tertiary/aromatic N) is 3. The maximum absolute atomic E-state index is 12.7. The van der Waals surface area contributed by atoms with Crippen LogP contribution in [0.1, 0.15) is 41.5 Å². The number of hydrogen-bond acceptors (Lipinski definition) is 3. The number of rotatable bonds is 5. The number of aromatic nitrogens is 2. The second-order valence-electron chi connectivity index (χ2n) is 6.64. The van der Waals surface area contributed by atoms with E-state index in [0.717, 1.165) is 43.9 Å². The fourth-order valence-electron chi connectivity index (χ4n) is 3.45. The van der Waals surface area contributed by atoms with Gasteiger partial charge in [0.15, 0.2) is 5.78 Å². The normalized spacial score (nSPS) is 18.8. The molecule has 1 fully saturated rings. The molecule has 2 heterocycles. The van der Waals surface area contributed by atoms with Crippen molar-refractivity contribution >= 4 is 5.78 Å². The Kier molecular flexibility index (Phi) is 5.46. The first-order valence-corrected chi connectivity index (χ1v) is 8.82. The van der Waals surface area contributed by atoms with E-state index in [2.05, 4.69) is 21.4 Å². The van der Waals surface area contributed by atoms with Crippen LogP contribution in [-0.4, -0.2) is 33.3 Å². The van der Waals surface area contributed by atoms with Gasteiger partial charge in [0.05, 0.1) is 12.1 Å². The van der Waals surface area contributed by atoms with E-state index in [9.17, 15) is 18.0 Å². The number of carbonyl (C=O) groups excluding carboxylic acids is 1. The van der Waals surface area contributed by atoms with Crippen molar-refractivity contribution < 1.29 is 18.0 Å². The van der Waals surface area contributed by atoms with Crippen LogP contribution in [0.2, 0.25) is 0 Å². The van der Waals surface area contributed by atoms with Crippen LogP contribution in [0.25, 0.3) is 0 Å². The zero-order valence-electron chi connectivity index (χ0n) is 14.7. The number of ketones is 1. The van der Waals surface area contributed by atoms with E-state index in [1.807, 2.05) is 6.20 Å². The van der Waals surface area contributed by atoms with Gasteiger partial charge in [-0.25, -0.2) is 4.98 Å². The molecule has 3 rings (SSSR count). The highest BCUT2D eigenvalue weighted by Crippen LogP contribution is 2.30. The molecule has 1 aliphatic rings. The lowest BCUT2D eigenvalue weighted by molar-refractivity contribution is -0.137. The average molecular weight is 365 g/mol. The largest absolute Gasteiger partial charge is 0.416 e. The van der Waals surface area contributed by atoms with Crippen LogP contribution < -0.4 is 0 Å². The van der Waals surface area contributed by atoms with Gasteiger partial charge < -0.3 is 4.57 Å². The molecule has 1 aromatic carbocycles. The zero-order chi connectivity index (χ0) is 18.7. The van der Waals surface area contributed by atoms with Crippen LogP contribution in [0, 0.1) is 5.92 Å². The molecule has 0 saturated carbocycles. The summed E-state index contributed by atoms with van der Waals surface area (Å²) >= 11 is 0. The predicted molar refractivity (Wildman–Crippen MR) is 91.7 cm³/mol. The number of Topliss-reactive ketones (excluding diaryl/α,β-unsaturated/α-hetero) is 1. The quantitative estimate of drug-likeness (QED) is 0.752. The summed E-state index contributed by atoms with van der Waals surface area (Å²) in [6, 6.07) is 4.53. The van der Waals surface area contributed by atoms with Crippen molar-refractivity contribution in [3.63, 3.8) is 0 Å². The second-order valence-corrected chi connectivity index (χ2v) is 6.64. The number of aryl methyl sites for hydroxylation is 1. The number of carbonyl (C=O) groups is 1. The van der Waals surface area contributed by atoms with Gasteiger partial charge in [-0.15, -0.1) is 0 Å². The molecule has 0 unspecified atom stereocenters. The Labute approximate surface area is 150 Å². The molecular formula is C19H22F3N3O. The molecule has 0 amide bonds. The molecule has 7 heteroatoms. The lowest BCUT2D eigenvalue weighted by Gasteiger charge is -2.31. The Morgan fingerprint density at radius 1 is 1.27 bits per heavy atom. The zero-order valence-corrected chi connectivity index (χ0v) is 14.7. The molecule has 1 atom stereocenters. The van der Waals surface area contributed by atoms with Crippen LogP contribution in [0.5, 0.6) is 0 Å². The first-order valence-electron chi connectivity index (χ1n) is 8.82. The summed E-state index contributed by atoms with van der Waals surface area (Å²) in [5.41, 5.74) is -0.384. The van der Waals surface area contributed by atoms with E-state index in [-0.39, 0.29) is 11.7 Å². The van der Waals surface area contributed by atoms with Crippen molar-refractivity contribution in [3.8, 4) is 0 Å². The molecule has 0 bridgehead atoms. The summed E-state index contributed by atoms with van der Waals surface area (Å²) in [7, 11) is 0. The Morgan fingerprint density at radius 2 is 2.00 bits per heavy atom. The fourth-order valence-corrected chi connectivity index (χ4v) is 3.45. The first-order chi connectivity index (χ1) is 12.4. The fraction of sp³-hybridized carbons (Fsp3) is 0.474. The maximum Gasteiger partial charge on any atom is 0.416 e. The van der Waals surface area contributed by atoms with Crippen molar-refractivity contribution in [1.29, 1.82) is 0 Å². The Hall–Kier alpha value is -2.15. The average Bonchev–Trinajstić information content (AvgIpc) is 3.08. The van der Waals surface area contributed by atoms with Gasteiger partial charge in [0.1, 0.15) is 5.82 Å². The summed E-state index contributed by atoms with van der Waals surface area (Å²) in [6.45, 7) is 5.08. The van der Waals surface area contributed by atoms with E-state index >= 15 is 0 Å². The lowest BCUT2D eigenvalue weighted by atomic mass is 9.89. The molecule has 0 radical (unpaired) electrons. The Bertz CT molecular complexity index is 752. The van der Waals surface area contributed by atoms with Crippen molar-refractivity contribution in [2.75, 3.05) is 13.1 Å². The van der Waals surface area contributed by atoms with Gasteiger partial charge >= 0.3 is 6.18 Å². The van der Waals surface area contributed by atoms with E-state index in [4.69, 9.17) is 0 Å². The van der Waals surface area contributed by atoms with Gasteiger partial charge in [0.2, 0.25) is 0 Å². The molecule has 0 spiro atoms. The van der Waals surface area contributed by atoms with E-state index < -0.39 is 11.7 Å². The predicted octanol–water partition coefficient (Wildman–Crippen LogP) is 4.02. The van der Waals surface area contributed by atoms with Gasteiger partial charge in [-0.1, -0.05) is 12.1 Å². The minimum Gasteiger partial charge on any atom is -0.334 e. The second kappa shape index (κ2) is 7.61. The molecular weight excluding hydrogens is 343 g/mol. The summed E-state index contributed by atoms with van der Waals surface area (Å²) in [5, 5.41) is 0. The van der Waals surface area contributed by atoms with Gasteiger partial charge in [-0.3, -0.25) is 9.69 Å². The van der Waals surface area contributed by atoms with Crippen molar-refractivity contribution in [2.45, 2.75) is 39.0 Å². The van der Waals surface area contributed by atoms with Crippen LogP contribution in [0.3, 0.4) is 0 Å². The molecule has 0 N–H and O–H groups in total. The highest BCUT2D eigenvalue weighted by molar-refractivity contribution is 5.98. The minimum atomic E-state index is -4.38. The monoisotopic (exact) mass is 365 g/mol. The SMILES string of the molecule is CCn1ccnc1CN1CCC[C@H](C(=O)c2ccc(C(F)(F)F)cc2)C1. The number of likely N-dealkylation sites (tertiary alicyclic amines) is 1. The van der Waals surface area contributed by atoms with Crippen molar-refractivity contribution in [3.05, 3.63) is 53.6 Å². The van der Waals surface area contributed by atoms with Gasteiger partial charge in [-0.05, 0) is 38.4 Å². The van der Waals surface area contributed by atoms with Crippen molar-refractivity contribution in [2.24, 2.45) is 5.92 Å². The van der Waals surface area contributed by atoms with E-state index in [1.165, 1.54) is 12.1 Å². The van der Waals surface area contributed by atoms with Crippen LogP contribution in [0.15, 0.2) is 36.7 Å². The third-order valence-corrected chi connectivity index (χ3v) is 4.88. The third-order valence-electron chi connectivity index (χ3n) is 4.88. The molecule has 26 heavy (non-hydrogen) atoms. The van der Waals surface area contributed by atoms with Gasteiger partial charge in [0, 0.05) is 37.0 Å². The summed E-state index contributed by atoms with van der Waals surface area (Å²) in [5.74, 6) is 0.697. The van der Waals surface area contributed by atoms with Crippen LogP contribution in [-0.2, 0) is 19.3 Å². The number of halogens is 3. The van der Waals surface area contributed by atoms with Crippen molar-refractivity contribution in [1.82, 2.24) is 14.5 Å². The number of hydrogen-bond donors (Lipinski definition) is 0. The summed E-state index contributed by atoms with van der Waals surface area (Å²) in [4.78, 5) is 19.3. The Morgan fingerprint density at radius 3 is 2.65 bits per heavy atom. The molecule has 1 aromatic heterocycles. The standard InChI is InChI=1S/C19H22F3N3O/c1-2-25-11-9-23-17(25)13-24-10-3-4-15(12-24)18(26)14-5-7-16(8-6-14)19(20,21)22/h5-9,11,15H,2-4,10,12-13H2,1H3/t15-/m0/s1. The lowest BCUT2D eigenvalue weighted by Crippen LogP contribution is -2.38. The smallest absolute Gasteiger partial charge is 0.334 e. The molecule has 4 nitrogen and oxygen atoms in total. The molecule has 1 saturated heterocycles. The van der Waals surface area contributed by atoms with Crippen LogP contribution >= 0.6 is 0 Å². The topological polar surface area (TPSA) is 38.1 Å². The molecule has 2 aromatic rings. The summed E-state index contributed by atoms with van der Waals surface area (Å²) in [6.07, 6.45) is 0.977. The Balaban J connectivity index is 1.66. The molecule has 140 valence electrons. The van der Waals surface area contributed by atoms with Gasteiger partial charge in [-0.2, -0.15) is 13.2 Å². The van der Waals surface area contributed by atoms with E-state index in [0.29, 0.717) is 18.7 Å². The number of imidazole rings is 1. The number of benzene rings is 1. The molecule has 1 aliphatic heterocycles. The first kappa shape index (κ1) is 18.6. The third kappa shape index (κ3) is 4.15. The van der Waals surface area contributed by atoms with E-state index in [1.54, 1.807) is 6.20 Å². The molecule has 0 aliphatic carbocycles. The van der Waals surface area contributed by atoms with Gasteiger partial charge in [0.25, 0.3) is 0 Å². The van der Waals surface area contributed by atoms with Crippen LogP contribution in [0.4, 0.5) is 13.2 Å². The maximum atomic E-state index is 12.7. The number of piperidine rings is 1. The highest BCUT2D eigenvalue weighted by Gasteiger charge is 2.31. The minimum absolute atomic E-state index is 0.0812. The number of alkyl halides is 3. The highest BCUT2D eigenvalue weighted by atomic mass is 19.4. The summed E-state index contributed by atoms with van der Waals surface area (Å²) < 4.78 is 40.1.